The number of allylic oxidation sites excluding steroid dienone is 1. The van der Waals surface area contributed by atoms with Gasteiger partial charge in [0.1, 0.15) is 0 Å². The fraction of sp³-hybridized carbons (Fsp3) is 0. The Morgan fingerprint density at radius 1 is 0.760 bits per heavy atom. The summed E-state index contributed by atoms with van der Waals surface area (Å²) in [6, 6.07) is 25.7. The van der Waals surface area contributed by atoms with Crippen molar-refractivity contribution < 1.29 is 4.79 Å². The second kappa shape index (κ2) is 6.54. The topological polar surface area (TPSA) is 17.1 Å². The predicted octanol–water partition coefficient (Wildman–Crippen LogP) is 6.54. The van der Waals surface area contributed by atoms with Crippen molar-refractivity contribution in [3.63, 3.8) is 0 Å². The first-order valence-corrected chi connectivity index (χ1v) is 8.48. The molecule has 0 bridgehead atoms. The molecular formula is C23H15ClO. The summed E-state index contributed by atoms with van der Waals surface area (Å²) in [7, 11) is 0. The number of rotatable bonds is 3. The van der Waals surface area contributed by atoms with Crippen LogP contribution in [0.2, 0.25) is 5.02 Å². The average molecular weight is 343 g/mol. The lowest BCUT2D eigenvalue weighted by Crippen LogP contribution is -1.94. The number of hydrogen-bond donors (Lipinski definition) is 0. The Hall–Kier alpha value is -2.90. The monoisotopic (exact) mass is 342 g/mol. The van der Waals surface area contributed by atoms with Crippen LogP contribution in [0.1, 0.15) is 15.9 Å². The van der Waals surface area contributed by atoms with Gasteiger partial charge in [-0.1, -0.05) is 78.3 Å². The van der Waals surface area contributed by atoms with Gasteiger partial charge in [0.05, 0.1) is 0 Å². The van der Waals surface area contributed by atoms with Crippen LogP contribution in [0.15, 0.2) is 84.9 Å². The average Bonchev–Trinajstić information content (AvgIpc) is 2.67. The van der Waals surface area contributed by atoms with Gasteiger partial charge < -0.3 is 0 Å². The molecule has 120 valence electrons. The van der Waals surface area contributed by atoms with E-state index >= 15 is 0 Å². The van der Waals surface area contributed by atoms with Crippen LogP contribution < -0.4 is 0 Å². The van der Waals surface area contributed by atoms with E-state index in [1.54, 1.807) is 6.08 Å². The van der Waals surface area contributed by atoms with Crippen molar-refractivity contribution in [2.75, 3.05) is 0 Å². The molecule has 0 aromatic heterocycles. The number of halogens is 1. The summed E-state index contributed by atoms with van der Waals surface area (Å²) in [4.78, 5) is 12.6. The van der Waals surface area contributed by atoms with E-state index in [4.69, 9.17) is 11.6 Å². The summed E-state index contributed by atoms with van der Waals surface area (Å²) in [5.41, 5.74) is 1.64. The van der Waals surface area contributed by atoms with Crippen molar-refractivity contribution in [2.24, 2.45) is 0 Å². The third-order valence-corrected chi connectivity index (χ3v) is 4.58. The zero-order chi connectivity index (χ0) is 17.2. The molecule has 0 saturated heterocycles. The molecule has 0 radical (unpaired) electrons. The van der Waals surface area contributed by atoms with E-state index in [2.05, 4.69) is 24.3 Å². The van der Waals surface area contributed by atoms with E-state index < -0.39 is 0 Å². The van der Waals surface area contributed by atoms with Gasteiger partial charge in [0.2, 0.25) is 0 Å². The smallest absolute Gasteiger partial charge is 0.185 e. The Balaban J connectivity index is 1.72. The Morgan fingerprint density at radius 3 is 2.24 bits per heavy atom. The largest absolute Gasteiger partial charge is 0.289 e. The summed E-state index contributed by atoms with van der Waals surface area (Å²) < 4.78 is 0. The minimum absolute atomic E-state index is 0.00946. The third-order valence-electron chi connectivity index (χ3n) is 4.33. The van der Waals surface area contributed by atoms with Crippen LogP contribution in [0.3, 0.4) is 0 Å². The van der Waals surface area contributed by atoms with Gasteiger partial charge in [-0.05, 0) is 51.4 Å². The molecule has 4 aromatic carbocycles. The fourth-order valence-corrected chi connectivity index (χ4v) is 3.12. The van der Waals surface area contributed by atoms with E-state index in [0.29, 0.717) is 10.6 Å². The molecule has 0 amide bonds. The van der Waals surface area contributed by atoms with Crippen LogP contribution >= 0.6 is 11.6 Å². The molecule has 0 fully saturated rings. The Morgan fingerprint density at radius 2 is 1.44 bits per heavy atom. The van der Waals surface area contributed by atoms with E-state index in [1.807, 2.05) is 60.7 Å². The number of carbonyl (C=O) groups excluding carboxylic acids is 1. The lowest BCUT2D eigenvalue weighted by Gasteiger charge is -2.05. The quantitative estimate of drug-likeness (QED) is 0.234. The highest BCUT2D eigenvalue weighted by Crippen LogP contribution is 2.26. The first-order chi connectivity index (χ1) is 12.2. The zero-order valence-corrected chi connectivity index (χ0v) is 14.2. The van der Waals surface area contributed by atoms with Gasteiger partial charge in [-0.15, -0.1) is 0 Å². The normalized spacial score (nSPS) is 11.4. The van der Waals surface area contributed by atoms with E-state index in [-0.39, 0.29) is 5.78 Å². The molecular weight excluding hydrogens is 328 g/mol. The molecule has 0 aliphatic rings. The van der Waals surface area contributed by atoms with Crippen molar-refractivity contribution in [3.05, 3.63) is 101 Å². The summed E-state index contributed by atoms with van der Waals surface area (Å²) in [5, 5.41) is 5.26. The van der Waals surface area contributed by atoms with Crippen molar-refractivity contribution >= 4 is 45.0 Å². The Labute approximate surface area is 151 Å². The molecule has 2 heteroatoms. The van der Waals surface area contributed by atoms with Gasteiger partial charge in [0.15, 0.2) is 5.78 Å². The van der Waals surface area contributed by atoms with Gasteiger partial charge >= 0.3 is 0 Å². The maximum Gasteiger partial charge on any atom is 0.185 e. The number of fused-ring (bicyclic) bond motifs is 3. The molecule has 0 N–H and O–H groups in total. The molecule has 0 atom stereocenters. The lowest BCUT2D eigenvalue weighted by atomic mass is 9.98. The molecule has 0 heterocycles. The Kier molecular flexibility index (Phi) is 4.09. The van der Waals surface area contributed by atoms with Crippen LogP contribution in [0.5, 0.6) is 0 Å². The minimum Gasteiger partial charge on any atom is -0.289 e. The highest BCUT2D eigenvalue weighted by atomic mass is 35.5. The van der Waals surface area contributed by atoms with E-state index in [9.17, 15) is 4.79 Å². The van der Waals surface area contributed by atoms with Crippen LogP contribution in [-0.2, 0) is 0 Å². The molecule has 0 aliphatic carbocycles. The van der Waals surface area contributed by atoms with Crippen LogP contribution in [0.4, 0.5) is 0 Å². The van der Waals surface area contributed by atoms with Gasteiger partial charge in [0, 0.05) is 10.6 Å². The second-order valence-corrected chi connectivity index (χ2v) is 6.41. The maximum atomic E-state index is 12.6. The molecule has 4 rings (SSSR count). The summed E-state index contributed by atoms with van der Waals surface area (Å²) in [6.45, 7) is 0. The molecule has 0 unspecified atom stereocenters. The van der Waals surface area contributed by atoms with Gasteiger partial charge in [-0.2, -0.15) is 0 Å². The number of carbonyl (C=O) groups is 1. The molecule has 4 aromatic rings. The number of hydrogen-bond acceptors (Lipinski definition) is 1. The first-order valence-electron chi connectivity index (χ1n) is 8.10. The predicted molar refractivity (Wildman–Crippen MR) is 106 cm³/mol. The number of ketones is 1. The van der Waals surface area contributed by atoms with Crippen LogP contribution in [0, 0.1) is 0 Å². The molecule has 0 saturated carbocycles. The van der Waals surface area contributed by atoms with Crippen LogP contribution in [0.25, 0.3) is 27.6 Å². The molecule has 0 spiro atoms. The molecule has 1 nitrogen and oxygen atoms in total. The van der Waals surface area contributed by atoms with Gasteiger partial charge in [0.25, 0.3) is 0 Å². The van der Waals surface area contributed by atoms with Crippen molar-refractivity contribution in [3.8, 4) is 0 Å². The number of benzene rings is 4. The lowest BCUT2D eigenvalue weighted by molar-refractivity contribution is 0.104. The zero-order valence-electron chi connectivity index (χ0n) is 13.4. The van der Waals surface area contributed by atoms with E-state index in [1.165, 1.54) is 5.39 Å². The van der Waals surface area contributed by atoms with Crippen molar-refractivity contribution in [1.29, 1.82) is 0 Å². The fourth-order valence-electron chi connectivity index (χ4n) is 3.00. The van der Waals surface area contributed by atoms with E-state index in [0.717, 1.165) is 21.7 Å². The maximum absolute atomic E-state index is 12.6. The van der Waals surface area contributed by atoms with Crippen molar-refractivity contribution in [1.82, 2.24) is 0 Å². The van der Waals surface area contributed by atoms with Gasteiger partial charge in [-0.25, -0.2) is 0 Å². The van der Waals surface area contributed by atoms with Crippen LogP contribution in [-0.4, -0.2) is 5.78 Å². The van der Waals surface area contributed by atoms with Gasteiger partial charge in [-0.3, -0.25) is 4.79 Å². The highest BCUT2D eigenvalue weighted by molar-refractivity contribution is 6.30. The van der Waals surface area contributed by atoms with Crippen molar-refractivity contribution in [2.45, 2.75) is 0 Å². The molecule has 25 heavy (non-hydrogen) atoms. The standard InChI is InChI=1S/C23H15ClO/c24-20-12-5-16(6-13-20)7-14-23(25)19-11-10-18-9-8-17-3-1-2-4-21(17)22(18)15-19/h1-15H. The molecule has 0 aliphatic heterocycles. The summed E-state index contributed by atoms with van der Waals surface area (Å²) in [6.07, 6.45) is 3.42. The summed E-state index contributed by atoms with van der Waals surface area (Å²) in [5.74, 6) is -0.00946. The minimum atomic E-state index is -0.00946. The third kappa shape index (κ3) is 3.19. The first kappa shape index (κ1) is 15.6. The summed E-state index contributed by atoms with van der Waals surface area (Å²) >= 11 is 5.88. The SMILES string of the molecule is O=C(C=Cc1ccc(Cl)cc1)c1ccc2ccc3ccccc3c2c1. The highest BCUT2D eigenvalue weighted by Gasteiger charge is 2.06. The second-order valence-electron chi connectivity index (χ2n) is 5.97. The Bertz CT molecular complexity index is 1110.